The minimum absolute atomic E-state index is 0.420. The zero-order valence-electron chi connectivity index (χ0n) is 19.3. The third-order valence-electron chi connectivity index (χ3n) is 8.43. The first-order chi connectivity index (χ1) is 13.7. The van der Waals surface area contributed by atoms with Gasteiger partial charge >= 0.3 is 0 Å². The summed E-state index contributed by atoms with van der Waals surface area (Å²) in [6.07, 6.45) is 15.2. The summed E-state index contributed by atoms with van der Waals surface area (Å²) in [7, 11) is 0. The fraction of sp³-hybridized carbons (Fsp3) is 0.778. The van der Waals surface area contributed by atoms with Crippen molar-refractivity contribution in [3.8, 4) is 0 Å². The SMILES string of the molecule is C=C1C(=CC=C2CCC[C@]3(C)C(C(C)CCCC(C)C)CC[C@H]23)CC(O)CC1O. The summed E-state index contributed by atoms with van der Waals surface area (Å²) in [4.78, 5) is 0. The van der Waals surface area contributed by atoms with Crippen molar-refractivity contribution in [1.82, 2.24) is 0 Å². The van der Waals surface area contributed by atoms with Crippen LogP contribution in [0.3, 0.4) is 0 Å². The third-order valence-corrected chi connectivity index (χ3v) is 8.43. The number of rotatable bonds is 6. The topological polar surface area (TPSA) is 40.5 Å². The standard InChI is InChI=1S/C27H44O2/c1-18(2)8-6-9-19(3)24-13-14-25-21(10-7-15-27(24,25)5)11-12-22-16-23(28)17-26(29)20(22)4/h11-12,18-19,23-26,28-29H,4,6-10,13-17H2,1-3,5H3/t19?,23?,24?,25-,26?,27-/m1/s1. The smallest absolute Gasteiger partial charge is 0.0811 e. The molecular formula is C27H44O2. The average molecular weight is 401 g/mol. The molecule has 0 saturated heterocycles. The fourth-order valence-corrected chi connectivity index (χ4v) is 6.73. The summed E-state index contributed by atoms with van der Waals surface area (Å²) in [5, 5.41) is 20.2. The molecule has 0 radical (unpaired) electrons. The van der Waals surface area contributed by atoms with Gasteiger partial charge < -0.3 is 10.2 Å². The highest BCUT2D eigenvalue weighted by Crippen LogP contribution is 2.59. The average Bonchev–Trinajstić information content (AvgIpc) is 3.00. The zero-order valence-corrected chi connectivity index (χ0v) is 19.3. The van der Waals surface area contributed by atoms with Crippen LogP contribution in [0.2, 0.25) is 0 Å². The Morgan fingerprint density at radius 2 is 1.90 bits per heavy atom. The predicted octanol–water partition coefficient (Wildman–Crippen LogP) is 6.59. The lowest BCUT2D eigenvalue weighted by Gasteiger charge is -2.44. The molecule has 2 nitrogen and oxygen atoms in total. The summed E-state index contributed by atoms with van der Waals surface area (Å²) >= 11 is 0. The van der Waals surface area contributed by atoms with Gasteiger partial charge in [-0.2, -0.15) is 0 Å². The number of fused-ring (bicyclic) bond motifs is 1. The maximum absolute atomic E-state index is 10.1. The highest BCUT2D eigenvalue weighted by molar-refractivity contribution is 5.38. The van der Waals surface area contributed by atoms with Crippen LogP contribution in [-0.2, 0) is 0 Å². The van der Waals surface area contributed by atoms with Crippen molar-refractivity contribution >= 4 is 0 Å². The lowest BCUT2D eigenvalue weighted by atomic mass is 9.60. The Balaban J connectivity index is 1.71. The molecule has 2 heteroatoms. The molecule has 0 aliphatic heterocycles. The van der Waals surface area contributed by atoms with Gasteiger partial charge in [0, 0.05) is 6.42 Å². The molecule has 0 amide bonds. The first kappa shape index (κ1) is 22.8. The Kier molecular flexibility index (Phi) is 7.49. The van der Waals surface area contributed by atoms with E-state index in [1.807, 2.05) is 0 Å². The number of hydrogen-bond acceptors (Lipinski definition) is 2. The van der Waals surface area contributed by atoms with Crippen molar-refractivity contribution in [1.29, 1.82) is 0 Å². The van der Waals surface area contributed by atoms with Gasteiger partial charge in [0.15, 0.2) is 0 Å². The summed E-state index contributed by atoms with van der Waals surface area (Å²) in [6, 6.07) is 0. The largest absolute Gasteiger partial charge is 0.393 e. The van der Waals surface area contributed by atoms with Crippen LogP contribution in [0.25, 0.3) is 0 Å². The maximum atomic E-state index is 10.1. The maximum Gasteiger partial charge on any atom is 0.0811 e. The van der Waals surface area contributed by atoms with E-state index in [-0.39, 0.29) is 0 Å². The Morgan fingerprint density at radius 3 is 2.62 bits per heavy atom. The normalized spacial score (nSPS) is 39.3. The van der Waals surface area contributed by atoms with Gasteiger partial charge in [0.25, 0.3) is 0 Å². The molecule has 164 valence electrons. The fourth-order valence-electron chi connectivity index (χ4n) is 6.73. The lowest BCUT2D eigenvalue weighted by molar-refractivity contribution is 0.0861. The summed E-state index contributed by atoms with van der Waals surface area (Å²) < 4.78 is 0. The van der Waals surface area contributed by atoms with Crippen molar-refractivity contribution in [2.45, 2.75) is 104 Å². The van der Waals surface area contributed by atoms with E-state index in [0.29, 0.717) is 24.2 Å². The molecule has 0 heterocycles. The Hall–Kier alpha value is -0.860. The molecule has 2 N–H and O–H groups in total. The van der Waals surface area contributed by atoms with Gasteiger partial charge in [-0.3, -0.25) is 0 Å². The number of allylic oxidation sites excluding steroid dienone is 3. The molecule has 3 rings (SSSR count). The van der Waals surface area contributed by atoms with Crippen LogP contribution in [0.15, 0.2) is 35.5 Å². The number of aliphatic hydroxyl groups excluding tert-OH is 2. The van der Waals surface area contributed by atoms with Gasteiger partial charge in [0.05, 0.1) is 12.2 Å². The van der Waals surface area contributed by atoms with Gasteiger partial charge in [0.1, 0.15) is 0 Å². The van der Waals surface area contributed by atoms with E-state index in [1.165, 1.54) is 51.4 Å². The minimum atomic E-state index is -0.595. The van der Waals surface area contributed by atoms with Crippen molar-refractivity contribution in [3.63, 3.8) is 0 Å². The third kappa shape index (κ3) is 5.07. The van der Waals surface area contributed by atoms with Gasteiger partial charge in [0.2, 0.25) is 0 Å². The minimum Gasteiger partial charge on any atom is -0.393 e. The van der Waals surface area contributed by atoms with Gasteiger partial charge in [-0.1, -0.05) is 71.3 Å². The van der Waals surface area contributed by atoms with E-state index in [9.17, 15) is 10.2 Å². The molecule has 4 unspecified atom stereocenters. The second-order valence-corrected chi connectivity index (χ2v) is 11.0. The van der Waals surface area contributed by atoms with Gasteiger partial charge in [-0.15, -0.1) is 0 Å². The van der Waals surface area contributed by atoms with Crippen LogP contribution in [0, 0.1) is 29.1 Å². The van der Waals surface area contributed by atoms with E-state index in [1.54, 1.807) is 5.57 Å². The molecule has 0 bridgehead atoms. The quantitative estimate of drug-likeness (QED) is 0.528. The predicted molar refractivity (Wildman–Crippen MR) is 123 cm³/mol. The Labute approximate surface area is 179 Å². The van der Waals surface area contributed by atoms with Crippen LogP contribution in [0.1, 0.15) is 91.9 Å². The summed E-state index contributed by atoms with van der Waals surface area (Å²) in [6.45, 7) is 13.8. The van der Waals surface area contributed by atoms with Crippen molar-refractivity contribution in [2.24, 2.45) is 29.1 Å². The molecule has 3 aliphatic rings. The van der Waals surface area contributed by atoms with E-state index >= 15 is 0 Å². The van der Waals surface area contributed by atoms with Gasteiger partial charge in [-0.05, 0) is 78.8 Å². The Morgan fingerprint density at radius 1 is 1.14 bits per heavy atom. The van der Waals surface area contributed by atoms with E-state index < -0.39 is 12.2 Å². The Bertz CT molecular complexity index is 643. The van der Waals surface area contributed by atoms with Gasteiger partial charge in [-0.25, -0.2) is 0 Å². The molecule has 6 atom stereocenters. The molecule has 0 aromatic rings. The van der Waals surface area contributed by atoms with Crippen molar-refractivity contribution in [2.75, 3.05) is 0 Å². The van der Waals surface area contributed by atoms with Crippen LogP contribution in [-0.4, -0.2) is 22.4 Å². The molecule has 0 aromatic carbocycles. The molecule has 3 saturated carbocycles. The van der Waals surface area contributed by atoms with Crippen LogP contribution < -0.4 is 0 Å². The zero-order chi connectivity index (χ0) is 21.2. The second kappa shape index (κ2) is 9.52. The monoisotopic (exact) mass is 400 g/mol. The molecule has 0 spiro atoms. The van der Waals surface area contributed by atoms with E-state index in [4.69, 9.17) is 0 Å². The molecule has 29 heavy (non-hydrogen) atoms. The first-order valence-corrected chi connectivity index (χ1v) is 12.2. The first-order valence-electron chi connectivity index (χ1n) is 12.2. The summed E-state index contributed by atoms with van der Waals surface area (Å²) in [5.41, 5.74) is 3.88. The van der Waals surface area contributed by atoms with Crippen molar-refractivity contribution in [3.05, 3.63) is 35.5 Å². The van der Waals surface area contributed by atoms with E-state index in [0.717, 1.165) is 28.9 Å². The molecular weight excluding hydrogens is 356 g/mol. The number of aliphatic hydroxyl groups is 2. The number of hydrogen-bond donors (Lipinski definition) is 2. The van der Waals surface area contributed by atoms with Crippen LogP contribution >= 0.6 is 0 Å². The molecule has 0 aromatic heterocycles. The highest BCUT2D eigenvalue weighted by Gasteiger charge is 2.50. The summed E-state index contributed by atoms with van der Waals surface area (Å²) in [5.74, 6) is 3.20. The highest BCUT2D eigenvalue weighted by atomic mass is 16.3. The lowest BCUT2D eigenvalue weighted by Crippen LogP contribution is -2.36. The van der Waals surface area contributed by atoms with Crippen molar-refractivity contribution < 1.29 is 10.2 Å². The molecule has 3 fully saturated rings. The van der Waals surface area contributed by atoms with Crippen LogP contribution in [0.5, 0.6) is 0 Å². The van der Waals surface area contributed by atoms with E-state index in [2.05, 4.69) is 46.4 Å². The van der Waals surface area contributed by atoms with Crippen LogP contribution in [0.4, 0.5) is 0 Å². The second-order valence-electron chi connectivity index (χ2n) is 11.0. The molecule has 3 aliphatic carbocycles.